The summed E-state index contributed by atoms with van der Waals surface area (Å²) in [6, 6.07) is 8.36. The van der Waals surface area contributed by atoms with E-state index in [1.807, 2.05) is 59.1 Å². The van der Waals surface area contributed by atoms with Crippen LogP contribution in [-0.2, 0) is 11.3 Å². The molecule has 0 unspecified atom stereocenters. The molecule has 1 aromatic heterocycles. The number of hydrogen-bond donors (Lipinski definition) is 1. The van der Waals surface area contributed by atoms with Crippen LogP contribution in [0.4, 0.5) is 4.79 Å². The summed E-state index contributed by atoms with van der Waals surface area (Å²) < 4.78 is 5.49. The second-order valence-electron chi connectivity index (χ2n) is 7.46. The minimum absolute atomic E-state index is 0.0975. The maximum absolute atomic E-state index is 12.3. The Morgan fingerprint density at radius 3 is 2.72 bits per heavy atom. The zero-order chi connectivity index (χ0) is 18.4. The molecular formula is C20H29N3O2. The third kappa shape index (κ3) is 5.71. The number of fused-ring (bicyclic) bond motifs is 1. The van der Waals surface area contributed by atoms with Crippen molar-refractivity contribution in [3.63, 3.8) is 0 Å². The van der Waals surface area contributed by atoms with Crippen molar-refractivity contribution in [2.24, 2.45) is 0 Å². The maximum Gasteiger partial charge on any atom is 0.410 e. The van der Waals surface area contributed by atoms with Crippen molar-refractivity contribution < 1.29 is 9.53 Å². The van der Waals surface area contributed by atoms with Crippen LogP contribution in [0.1, 0.15) is 40.2 Å². The summed E-state index contributed by atoms with van der Waals surface area (Å²) in [5.74, 6) is 0. The number of rotatable bonds is 6. The zero-order valence-electron chi connectivity index (χ0n) is 15.9. The smallest absolute Gasteiger partial charge is 0.410 e. The van der Waals surface area contributed by atoms with E-state index in [2.05, 4.69) is 22.4 Å². The highest BCUT2D eigenvalue weighted by Crippen LogP contribution is 2.17. The van der Waals surface area contributed by atoms with Crippen molar-refractivity contribution in [2.45, 2.75) is 52.8 Å². The summed E-state index contributed by atoms with van der Waals surface area (Å²) in [6.45, 7) is 11.7. The molecule has 0 saturated carbocycles. The Balaban J connectivity index is 1.91. The molecule has 0 spiro atoms. The van der Waals surface area contributed by atoms with Gasteiger partial charge in [-0.2, -0.15) is 0 Å². The summed E-state index contributed by atoms with van der Waals surface area (Å²) >= 11 is 0. The van der Waals surface area contributed by atoms with Crippen LogP contribution in [0.3, 0.4) is 0 Å². The molecule has 0 aliphatic rings. The predicted molar refractivity (Wildman–Crippen MR) is 102 cm³/mol. The molecule has 2 rings (SSSR count). The molecule has 0 aliphatic carbocycles. The fraction of sp³-hybridized carbons (Fsp3) is 0.500. The van der Waals surface area contributed by atoms with Crippen molar-refractivity contribution in [1.82, 2.24) is 15.2 Å². The van der Waals surface area contributed by atoms with Crippen LogP contribution in [0.15, 0.2) is 36.7 Å². The molecule has 0 atom stereocenters. The molecule has 5 nitrogen and oxygen atoms in total. The van der Waals surface area contributed by atoms with Crippen LogP contribution >= 0.6 is 0 Å². The number of carbonyl (C=O) groups is 1. The predicted octanol–water partition coefficient (Wildman–Crippen LogP) is 3.97. The minimum Gasteiger partial charge on any atom is -0.444 e. The van der Waals surface area contributed by atoms with Gasteiger partial charge in [0, 0.05) is 43.5 Å². The number of nitrogens with one attached hydrogen (secondary N) is 1. The summed E-state index contributed by atoms with van der Waals surface area (Å²) in [7, 11) is 0. The van der Waals surface area contributed by atoms with E-state index in [0.717, 1.165) is 11.9 Å². The van der Waals surface area contributed by atoms with Crippen molar-refractivity contribution in [1.29, 1.82) is 0 Å². The molecule has 0 bridgehead atoms. The normalized spacial score (nSPS) is 11.8. The molecule has 0 fully saturated rings. The third-order valence-electron chi connectivity index (χ3n) is 3.87. The fourth-order valence-corrected chi connectivity index (χ4v) is 2.65. The van der Waals surface area contributed by atoms with Gasteiger partial charge >= 0.3 is 6.09 Å². The lowest BCUT2D eigenvalue weighted by Gasteiger charge is -2.30. The minimum atomic E-state index is -0.478. The Bertz CT molecular complexity index is 702. The van der Waals surface area contributed by atoms with Crippen LogP contribution < -0.4 is 5.32 Å². The van der Waals surface area contributed by atoms with E-state index in [0.29, 0.717) is 13.1 Å². The molecule has 1 aromatic carbocycles. The van der Waals surface area contributed by atoms with Crippen molar-refractivity contribution >= 4 is 16.9 Å². The van der Waals surface area contributed by atoms with Gasteiger partial charge in [-0.1, -0.05) is 18.2 Å². The number of carbonyl (C=O) groups excluding carboxylic acids is 1. The van der Waals surface area contributed by atoms with E-state index in [9.17, 15) is 4.79 Å². The number of benzene rings is 1. The first-order valence-electron chi connectivity index (χ1n) is 8.80. The van der Waals surface area contributed by atoms with Gasteiger partial charge in [-0.15, -0.1) is 0 Å². The van der Waals surface area contributed by atoms with Crippen LogP contribution in [-0.4, -0.2) is 40.7 Å². The summed E-state index contributed by atoms with van der Waals surface area (Å²) in [5.41, 5.74) is 0.752. The monoisotopic (exact) mass is 343 g/mol. The molecule has 0 radical (unpaired) electrons. The SMILES string of the molecule is CC(C)N(CCNCc1cccc2cnccc12)C(=O)OC(C)(C)C. The van der Waals surface area contributed by atoms with Crippen LogP contribution in [0.5, 0.6) is 0 Å². The molecular weight excluding hydrogens is 314 g/mol. The molecule has 0 saturated heterocycles. The van der Waals surface area contributed by atoms with Gasteiger partial charge in [-0.05, 0) is 51.6 Å². The van der Waals surface area contributed by atoms with Gasteiger partial charge in [-0.3, -0.25) is 4.98 Å². The summed E-state index contributed by atoms with van der Waals surface area (Å²) in [6.07, 6.45) is 3.43. The largest absolute Gasteiger partial charge is 0.444 e. The van der Waals surface area contributed by atoms with Crippen LogP contribution in [0.2, 0.25) is 0 Å². The van der Waals surface area contributed by atoms with E-state index in [-0.39, 0.29) is 12.1 Å². The highest BCUT2D eigenvalue weighted by atomic mass is 16.6. The number of nitrogens with zero attached hydrogens (tertiary/aromatic N) is 2. The molecule has 25 heavy (non-hydrogen) atoms. The molecule has 1 N–H and O–H groups in total. The van der Waals surface area contributed by atoms with Crippen molar-refractivity contribution in [2.75, 3.05) is 13.1 Å². The molecule has 0 aliphatic heterocycles. The average molecular weight is 343 g/mol. The topological polar surface area (TPSA) is 54.5 Å². The van der Waals surface area contributed by atoms with E-state index in [1.165, 1.54) is 10.9 Å². The first-order chi connectivity index (χ1) is 11.8. The molecule has 1 amide bonds. The van der Waals surface area contributed by atoms with Gasteiger partial charge < -0.3 is 15.0 Å². The van der Waals surface area contributed by atoms with Gasteiger partial charge in [0.05, 0.1) is 0 Å². The maximum atomic E-state index is 12.3. The number of ether oxygens (including phenoxy) is 1. The van der Waals surface area contributed by atoms with Crippen LogP contribution in [0, 0.1) is 0 Å². The lowest BCUT2D eigenvalue weighted by atomic mass is 10.1. The Labute approximate surface area is 150 Å². The number of amides is 1. The Kier molecular flexibility index (Phi) is 6.37. The number of hydrogen-bond acceptors (Lipinski definition) is 4. The first kappa shape index (κ1) is 19.2. The zero-order valence-corrected chi connectivity index (χ0v) is 15.9. The van der Waals surface area contributed by atoms with Gasteiger partial charge in [0.1, 0.15) is 5.60 Å². The Morgan fingerprint density at radius 1 is 1.28 bits per heavy atom. The van der Waals surface area contributed by atoms with Crippen molar-refractivity contribution in [3.8, 4) is 0 Å². The quantitative estimate of drug-likeness (QED) is 0.806. The molecule has 1 heterocycles. The second kappa shape index (κ2) is 8.30. The lowest BCUT2D eigenvalue weighted by molar-refractivity contribution is 0.0193. The van der Waals surface area contributed by atoms with E-state index in [1.54, 1.807) is 4.90 Å². The molecule has 136 valence electrons. The third-order valence-corrected chi connectivity index (χ3v) is 3.87. The lowest BCUT2D eigenvalue weighted by Crippen LogP contribution is -2.44. The van der Waals surface area contributed by atoms with Crippen molar-refractivity contribution in [3.05, 3.63) is 42.2 Å². The summed E-state index contributed by atoms with van der Waals surface area (Å²) in [5, 5.41) is 5.77. The van der Waals surface area contributed by atoms with Gasteiger partial charge in [-0.25, -0.2) is 4.79 Å². The number of aromatic nitrogens is 1. The number of pyridine rings is 1. The first-order valence-corrected chi connectivity index (χ1v) is 8.80. The van der Waals surface area contributed by atoms with Gasteiger partial charge in [0.2, 0.25) is 0 Å². The highest BCUT2D eigenvalue weighted by molar-refractivity contribution is 5.84. The standard InChI is InChI=1S/C20H29N3O2/c1-15(2)23(19(24)25-20(3,4)5)12-11-22-14-17-8-6-7-16-13-21-10-9-18(16)17/h6-10,13,15,22H,11-12,14H2,1-5H3. The van der Waals surface area contributed by atoms with E-state index < -0.39 is 5.60 Å². The van der Waals surface area contributed by atoms with Gasteiger partial charge in [0.15, 0.2) is 0 Å². The van der Waals surface area contributed by atoms with E-state index >= 15 is 0 Å². The highest BCUT2D eigenvalue weighted by Gasteiger charge is 2.23. The van der Waals surface area contributed by atoms with Crippen LogP contribution in [0.25, 0.3) is 10.8 Å². The summed E-state index contributed by atoms with van der Waals surface area (Å²) in [4.78, 5) is 18.2. The molecule has 5 heteroatoms. The fourth-order valence-electron chi connectivity index (χ4n) is 2.65. The Hall–Kier alpha value is -2.14. The average Bonchev–Trinajstić information content (AvgIpc) is 2.52. The van der Waals surface area contributed by atoms with Gasteiger partial charge in [0.25, 0.3) is 0 Å². The molecule has 2 aromatic rings. The van der Waals surface area contributed by atoms with E-state index in [4.69, 9.17) is 4.74 Å². The Morgan fingerprint density at radius 2 is 2.04 bits per heavy atom. The second-order valence-corrected chi connectivity index (χ2v) is 7.46.